The molecule has 1 heterocycles. The molecule has 5 nitrogen and oxygen atoms in total. The molecular weight excluding hydrogens is 372 g/mol. The number of carbonyl (C=O) groups excluding carboxylic acids is 1. The first-order valence-corrected chi connectivity index (χ1v) is 7.89. The minimum atomic E-state index is -0.199. The fourth-order valence-electron chi connectivity index (χ4n) is 1.18. The zero-order valence-electron chi connectivity index (χ0n) is 9.16. The molecule has 96 valence electrons. The van der Waals surface area contributed by atoms with E-state index in [1.54, 1.807) is 0 Å². The van der Waals surface area contributed by atoms with Gasteiger partial charge in [-0.15, -0.1) is 5.10 Å². The number of carbonyl (C=O) groups is 1. The van der Waals surface area contributed by atoms with Crippen molar-refractivity contribution in [3.63, 3.8) is 0 Å². The van der Waals surface area contributed by atoms with Gasteiger partial charge in [0.25, 0.3) is 0 Å². The highest BCUT2D eigenvalue weighted by molar-refractivity contribution is 9.24. The van der Waals surface area contributed by atoms with E-state index in [0.29, 0.717) is 15.3 Å². The summed E-state index contributed by atoms with van der Waals surface area (Å²) in [5.41, 5.74) is 0. The minimum Gasteiger partial charge on any atom is -0.338 e. The Hall–Kier alpha value is -0.210. The average Bonchev–Trinajstić information content (AvgIpc) is 2.75. The molecule has 0 unspecified atom stereocenters. The number of hydrogen-bond acceptors (Lipinski definition) is 4. The van der Waals surface area contributed by atoms with Crippen LogP contribution in [0.25, 0.3) is 0 Å². The lowest BCUT2D eigenvalue weighted by Crippen LogP contribution is -2.29. The first-order chi connectivity index (χ1) is 8.18. The zero-order chi connectivity index (χ0) is 12.5. The Kier molecular flexibility index (Phi) is 7.70. The number of anilines is 1. The second-order valence-electron chi connectivity index (χ2n) is 3.40. The number of halogens is 2. The van der Waals surface area contributed by atoms with Gasteiger partial charge in [-0.1, -0.05) is 49.2 Å². The van der Waals surface area contributed by atoms with Crippen molar-refractivity contribution in [3.8, 4) is 0 Å². The predicted molar refractivity (Wildman–Crippen MR) is 77.0 cm³/mol. The van der Waals surface area contributed by atoms with Crippen LogP contribution in [0.1, 0.15) is 25.7 Å². The van der Waals surface area contributed by atoms with Crippen molar-refractivity contribution >= 4 is 54.4 Å². The third-order valence-corrected chi connectivity index (χ3v) is 3.48. The number of urea groups is 1. The van der Waals surface area contributed by atoms with Crippen molar-refractivity contribution in [1.29, 1.82) is 0 Å². The van der Waals surface area contributed by atoms with Gasteiger partial charge in [0.05, 0.1) is 9.93 Å². The smallest absolute Gasteiger partial charge is 0.319 e. The summed E-state index contributed by atoms with van der Waals surface area (Å²) >= 11 is 8.01. The number of unbranched alkanes of at least 4 members (excludes halogenated alkanes) is 2. The summed E-state index contributed by atoms with van der Waals surface area (Å²) in [6.07, 6.45) is 5.86. The maximum Gasteiger partial charge on any atom is 0.319 e. The van der Waals surface area contributed by atoms with Crippen molar-refractivity contribution in [2.45, 2.75) is 29.4 Å². The summed E-state index contributed by atoms with van der Waals surface area (Å²) in [4.78, 5) is 11.4. The first-order valence-electron chi connectivity index (χ1n) is 5.29. The molecule has 1 aromatic rings. The Balaban J connectivity index is 1.97. The van der Waals surface area contributed by atoms with E-state index >= 15 is 0 Å². The standard InChI is InChI=1S/C9H14Br2N4OS/c10-7(11)4-2-1-3-5-12-9(16)14-8-6-13-15-17-8/h6-7H,1-5H2,(H2,12,14,16). The van der Waals surface area contributed by atoms with Gasteiger partial charge < -0.3 is 5.32 Å². The van der Waals surface area contributed by atoms with Gasteiger partial charge in [0, 0.05) is 18.1 Å². The van der Waals surface area contributed by atoms with E-state index in [9.17, 15) is 4.79 Å². The Bertz CT molecular complexity index is 321. The molecule has 1 rings (SSSR count). The summed E-state index contributed by atoms with van der Waals surface area (Å²) in [6.45, 7) is 0.688. The molecule has 0 aliphatic heterocycles. The molecule has 0 aliphatic rings. The number of amides is 2. The lowest BCUT2D eigenvalue weighted by molar-refractivity contribution is 0.252. The highest BCUT2D eigenvalue weighted by atomic mass is 79.9. The SMILES string of the molecule is O=C(NCCCCCC(Br)Br)Nc1cnns1. The minimum absolute atomic E-state index is 0.199. The van der Waals surface area contributed by atoms with Crippen LogP contribution in [-0.2, 0) is 0 Å². The maximum absolute atomic E-state index is 11.4. The lowest BCUT2D eigenvalue weighted by atomic mass is 10.2. The second kappa shape index (κ2) is 8.82. The third kappa shape index (κ3) is 7.67. The molecule has 2 N–H and O–H groups in total. The van der Waals surface area contributed by atoms with Crippen molar-refractivity contribution in [2.24, 2.45) is 0 Å². The van der Waals surface area contributed by atoms with Crippen LogP contribution in [0, 0.1) is 0 Å². The molecule has 0 fully saturated rings. The van der Waals surface area contributed by atoms with Gasteiger partial charge in [0.15, 0.2) is 0 Å². The summed E-state index contributed by atoms with van der Waals surface area (Å²) in [6, 6.07) is -0.199. The molecule has 0 atom stereocenters. The van der Waals surface area contributed by atoms with Gasteiger partial charge in [-0.3, -0.25) is 5.32 Å². The van der Waals surface area contributed by atoms with Crippen LogP contribution in [0.4, 0.5) is 9.80 Å². The lowest BCUT2D eigenvalue weighted by Gasteiger charge is -2.05. The fraction of sp³-hybridized carbons (Fsp3) is 0.667. The highest BCUT2D eigenvalue weighted by Crippen LogP contribution is 2.16. The molecule has 17 heavy (non-hydrogen) atoms. The molecular formula is C9H14Br2N4OS. The van der Waals surface area contributed by atoms with Crippen LogP contribution in [0.2, 0.25) is 0 Å². The number of hydrogen-bond donors (Lipinski definition) is 2. The van der Waals surface area contributed by atoms with Crippen molar-refractivity contribution in [3.05, 3.63) is 6.20 Å². The van der Waals surface area contributed by atoms with E-state index in [2.05, 4.69) is 52.1 Å². The second-order valence-corrected chi connectivity index (χ2v) is 7.63. The molecule has 8 heteroatoms. The van der Waals surface area contributed by atoms with E-state index in [1.165, 1.54) is 6.20 Å². The van der Waals surface area contributed by atoms with Crippen LogP contribution in [0.5, 0.6) is 0 Å². The topological polar surface area (TPSA) is 66.9 Å². The number of rotatable bonds is 7. The molecule has 1 aromatic heterocycles. The normalized spacial score (nSPS) is 10.5. The molecule has 0 aliphatic carbocycles. The maximum atomic E-state index is 11.4. The molecule has 0 spiro atoms. The van der Waals surface area contributed by atoms with E-state index in [0.717, 1.165) is 37.2 Å². The Labute approximate surface area is 121 Å². The molecule has 0 radical (unpaired) electrons. The van der Waals surface area contributed by atoms with E-state index in [4.69, 9.17) is 0 Å². The first kappa shape index (κ1) is 14.8. The number of nitrogens with one attached hydrogen (secondary N) is 2. The zero-order valence-corrected chi connectivity index (χ0v) is 13.1. The van der Waals surface area contributed by atoms with Crippen LogP contribution in [0.3, 0.4) is 0 Å². The van der Waals surface area contributed by atoms with Crippen LogP contribution >= 0.6 is 43.4 Å². The molecule has 0 bridgehead atoms. The van der Waals surface area contributed by atoms with E-state index < -0.39 is 0 Å². The molecule has 0 saturated heterocycles. The van der Waals surface area contributed by atoms with E-state index in [-0.39, 0.29) is 6.03 Å². The quantitative estimate of drug-likeness (QED) is 0.558. The molecule has 0 saturated carbocycles. The Morgan fingerprint density at radius 1 is 1.41 bits per heavy atom. The van der Waals surface area contributed by atoms with Gasteiger partial charge in [0.1, 0.15) is 5.00 Å². The summed E-state index contributed by atoms with van der Waals surface area (Å²) in [5.74, 6) is 0. The van der Waals surface area contributed by atoms with Crippen molar-refractivity contribution in [1.82, 2.24) is 14.9 Å². The third-order valence-electron chi connectivity index (χ3n) is 1.98. The number of aromatic nitrogens is 2. The number of alkyl halides is 2. The summed E-state index contributed by atoms with van der Waals surface area (Å²) in [7, 11) is 0. The molecule has 2 amide bonds. The van der Waals surface area contributed by atoms with Gasteiger partial charge in [-0.2, -0.15) is 0 Å². The van der Waals surface area contributed by atoms with Crippen molar-refractivity contribution < 1.29 is 4.79 Å². The largest absolute Gasteiger partial charge is 0.338 e. The van der Waals surface area contributed by atoms with Crippen LogP contribution in [-0.4, -0.2) is 25.9 Å². The average molecular weight is 386 g/mol. The fourth-order valence-corrected chi connectivity index (χ4v) is 2.24. The highest BCUT2D eigenvalue weighted by Gasteiger charge is 2.02. The molecule has 0 aromatic carbocycles. The summed E-state index contributed by atoms with van der Waals surface area (Å²) in [5, 5.41) is 9.73. The van der Waals surface area contributed by atoms with Gasteiger partial charge in [-0.05, 0) is 12.8 Å². The van der Waals surface area contributed by atoms with Crippen molar-refractivity contribution in [2.75, 3.05) is 11.9 Å². The van der Waals surface area contributed by atoms with Gasteiger partial charge >= 0.3 is 6.03 Å². The predicted octanol–water partition coefficient (Wildman–Crippen LogP) is 3.34. The van der Waals surface area contributed by atoms with Crippen LogP contribution in [0.15, 0.2) is 6.20 Å². The van der Waals surface area contributed by atoms with Gasteiger partial charge in [-0.25, -0.2) is 4.79 Å². The monoisotopic (exact) mass is 384 g/mol. The Morgan fingerprint density at radius 3 is 2.88 bits per heavy atom. The number of nitrogens with zero attached hydrogens (tertiary/aromatic N) is 2. The Morgan fingerprint density at radius 2 is 2.24 bits per heavy atom. The van der Waals surface area contributed by atoms with Gasteiger partial charge in [0.2, 0.25) is 0 Å². The van der Waals surface area contributed by atoms with Crippen LogP contribution < -0.4 is 10.6 Å². The summed E-state index contributed by atoms with van der Waals surface area (Å²) < 4.78 is 4.05. The van der Waals surface area contributed by atoms with E-state index in [1.807, 2.05) is 0 Å².